The number of anilines is 1. The zero-order valence-electron chi connectivity index (χ0n) is 16.2. The Kier molecular flexibility index (Phi) is 5.47. The van der Waals surface area contributed by atoms with Crippen LogP contribution < -0.4 is 19.5 Å². The molecule has 0 saturated heterocycles. The number of nitrogens with one attached hydrogen (secondary N) is 2. The minimum absolute atomic E-state index is 0.0268. The van der Waals surface area contributed by atoms with Crippen molar-refractivity contribution in [1.82, 2.24) is 4.72 Å². The molecule has 1 aliphatic heterocycles. The van der Waals surface area contributed by atoms with E-state index in [1.807, 2.05) is 18.2 Å². The van der Waals surface area contributed by atoms with E-state index >= 15 is 0 Å². The first kappa shape index (κ1) is 19.7. The number of carbonyl (C=O) groups excluding carboxylic acids is 1. The number of fused-ring (bicyclic) bond motifs is 2. The van der Waals surface area contributed by atoms with Crippen LogP contribution in [0.1, 0.15) is 30.9 Å². The Hall–Kier alpha value is -2.58. The number of aryl methyl sites for hydroxylation is 2. The maximum Gasteiger partial charge on any atom is 0.242 e. The lowest BCUT2D eigenvalue weighted by atomic mass is 10.1. The van der Waals surface area contributed by atoms with E-state index in [1.54, 1.807) is 6.07 Å². The highest BCUT2D eigenvalue weighted by molar-refractivity contribution is 7.89. The lowest BCUT2D eigenvalue weighted by Gasteiger charge is -2.16. The zero-order chi connectivity index (χ0) is 20.4. The van der Waals surface area contributed by atoms with Gasteiger partial charge in [0.2, 0.25) is 15.9 Å². The summed E-state index contributed by atoms with van der Waals surface area (Å²) in [7, 11) is -3.90. The molecule has 154 valence electrons. The van der Waals surface area contributed by atoms with Crippen LogP contribution in [0.15, 0.2) is 41.3 Å². The van der Waals surface area contributed by atoms with Crippen LogP contribution in [0, 0.1) is 0 Å². The molecular formula is C21H24N2O5S. The highest BCUT2D eigenvalue weighted by atomic mass is 32.2. The standard InChI is InChI=1S/C21H24N2O5S/c1-14(21(24)22-17-7-6-15-4-2-5-16(15)12-17)23-29(25,26)18-8-9-19-20(13-18)28-11-3-10-27-19/h6-9,12-14,23H,2-5,10-11H2,1H3,(H,22,24)/t14-/m0/s1. The molecule has 0 fully saturated rings. The van der Waals surface area contributed by atoms with Gasteiger partial charge in [-0.1, -0.05) is 6.07 Å². The van der Waals surface area contributed by atoms with Gasteiger partial charge in [0.05, 0.1) is 24.2 Å². The predicted octanol–water partition coefficient (Wildman–Crippen LogP) is 2.64. The SMILES string of the molecule is C[C@H](NS(=O)(=O)c1ccc2c(c1)OCCCO2)C(=O)Nc1ccc2c(c1)CCC2. The van der Waals surface area contributed by atoms with Crippen LogP contribution in [0.4, 0.5) is 5.69 Å². The molecule has 0 unspecified atom stereocenters. The molecule has 8 heteroatoms. The Morgan fingerprint density at radius 1 is 0.966 bits per heavy atom. The largest absolute Gasteiger partial charge is 0.490 e. The normalized spacial score (nSPS) is 16.6. The first-order valence-corrected chi connectivity index (χ1v) is 11.3. The van der Waals surface area contributed by atoms with E-state index in [1.165, 1.54) is 30.2 Å². The smallest absolute Gasteiger partial charge is 0.242 e. The first-order valence-electron chi connectivity index (χ1n) is 9.77. The molecule has 2 aliphatic rings. The molecular weight excluding hydrogens is 392 g/mol. The minimum atomic E-state index is -3.90. The van der Waals surface area contributed by atoms with Crippen LogP contribution in [0.5, 0.6) is 11.5 Å². The van der Waals surface area contributed by atoms with E-state index in [0.717, 1.165) is 25.7 Å². The van der Waals surface area contributed by atoms with Crippen molar-refractivity contribution in [3.63, 3.8) is 0 Å². The summed E-state index contributed by atoms with van der Waals surface area (Å²) in [6.45, 7) is 2.50. The topological polar surface area (TPSA) is 93.7 Å². The molecule has 0 aromatic heterocycles. The quantitative estimate of drug-likeness (QED) is 0.782. The van der Waals surface area contributed by atoms with E-state index in [0.29, 0.717) is 30.4 Å². The highest BCUT2D eigenvalue weighted by Crippen LogP contribution is 2.32. The molecule has 0 radical (unpaired) electrons. The van der Waals surface area contributed by atoms with Crippen LogP contribution in [-0.4, -0.2) is 33.6 Å². The third kappa shape index (κ3) is 4.38. The molecule has 1 aliphatic carbocycles. The fraction of sp³-hybridized carbons (Fsp3) is 0.381. The number of hydrogen-bond acceptors (Lipinski definition) is 5. The number of carbonyl (C=O) groups is 1. The van der Waals surface area contributed by atoms with Gasteiger partial charge in [0.1, 0.15) is 0 Å². The fourth-order valence-corrected chi connectivity index (χ4v) is 4.78. The zero-order valence-corrected chi connectivity index (χ0v) is 17.1. The van der Waals surface area contributed by atoms with Crippen molar-refractivity contribution in [1.29, 1.82) is 0 Å². The number of hydrogen-bond donors (Lipinski definition) is 2. The molecule has 1 amide bonds. The summed E-state index contributed by atoms with van der Waals surface area (Å²) in [5.74, 6) is 0.491. The van der Waals surface area contributed by atoms with Gasteiger partial charge >= 0.3 is 0 Å². The van der Waals surface area contributed by atoms with Crippen molar-refractivity contribution in [2.75, 3.05) is 18.5 Å². The molecule has 0 spiro atoms. The molecule has 1 atom stereocenters. The van der Waals surface area contributed by atoms with E-state index in [2.05, 4.69) is 10.0 Å². The van der Waals surface area contributed by atoms with Crippen LogP contribution >= 0.6 is 0 Å². The molecule has 7 nitrogen and oxygen atoms in total. The summed E-state index contributed by atoms with van der Waals surface area (Å²) in [4.78, 5) is 12.5. The van der Waals surface area contributed by atoms with E-state index in [9.17, 15) is 13.2 Å². The van der Waals surface area contributed by atoms with Crippen molar-refractivity contribution in [2.24, 2.45) is 0 Å². The summed E-state index contributed by atoms with van der Waals surface area (Å²) in [6.07, 6.45) is 3.92. The molecule has 1 heterocycles. The Morgan fingerprint density at radius 2 is 1.72 bits per heavy atom. The van der Waals surface area contributed by atoms with Gasteiger partial charge in [-0.05, 0) is 61.6 Å². The molecule has 0 bridgehead atoms. The molecule has 4 rings (SSSR count). The maximum atomic E-state index is 12.7. The fourth-order valence-electron chi connectivity index (χ4n) is 3.57. The predicted molar refractivity (Wildman–Crippen MR) is 109 cm³/mol. The first-order chi connectivity index (χ1) is 13.9. The van der Waals surface area contributed by atoms with Gasteiger partial charge < -0.3 is 14.8 Å². The van der Waals surface area contributed by atoms with Crippen molar-refractivity contribution >= 4 is 21.6 Å². The monoisotopic (exact) mass is 416 g/mol. The number of benzene rings is 2. The Balaban J connectivity index is 1.44. The van der Waals surface area contributed by atoms with Gasteiger partial charge in [0.25, 0.3) is 0 Å². The maximum absolute atomic E-state index is 12.7. The summed E-state index contributed by atoms with van der Waals surface area (Å²) in [6, 6.07) is 9.34. The van der Waals surface area contributed by atoms with Gasteiger partial charge in [0, 0.05) is 18.2 Å². The summed E-state index contributed by atoms with van der Waals surface area (Å²) in [5.41, 5.74) is 3.23. The highest BCUT2D eigenvalue weighted by Gasteiger charge is 2.24. The summed E-state index contributed by atoms with van der Waals surface area (Å²) in [5, 5.41) is 2.79. The average Bonchev–Trinajstić information content (AvgIpc) is 3.02. The molecule has 2 aromatic carbocycles. The third-order valence-electron chi connectivity index (χ3n) is 5.12. The molecule has 29 heavy (non-hydrogen) atoms. The number of amides is 1. The van der Waals surface area contributed by atoms with Gasteiger partial charge in [-0.15, -0.1) is 0 Å². The Labute approximate surface area is 170 Å². The van der Waals surface area contributed by atoms with Crippen LogP contribution in [0.25, 0.3) is 0 Å². The van der Waals surface area contributed by atoms with Gasteiger partial charge in [-0.25, -0.2) is 8.42 Å². The molecule has 2 aromatic rings. The lowest BCUT2D eigenvalue weighted by Crippen LogP contribution is -2.41. The van der Waals surface area contributed by atoms with Crippen molar-refractivity contribution < 1.29 is 22.7 Å². The van der Waals surface area contributed by atoms with Crippen LogP contribution in [0.2, 0.25) is 0 Å². The van der Waals surface area contributed by atoms with E-state index in [-0.39, 0.29) is 4.90 Å². The third-order valence-corrected chi connectivity index (χ3v) is 6.66. The summed E-state index contributed by atoms with van der Waals surface area (Å²) >= 11 is 0. The van der Waals surface area contributed by atoms with E-state index in [4.69, 9.17) is 9.47 Å². The van der Waals surface area contributed by atoms with Crippen molar-refractivity contribution in [3.8, 4) is 11.5 Å². The minimum Gasteiger partial charge on any atom is -0.490 e. The van der Waals surface area contributed by atoms with Gasteiger partial charge in [-0.3, -0.25) is 4.79 Å². The van der Waals surface area contributed by atoms with Gasteiger partial charge in [0.15, 0.2) is 11.5 Å². The second-order valence-electron chi connectivity index (χ2n) is 7.33. The van der Waals surface area contributed by atoms with Crippen molar-refractivity contribution in [3.05, 3.63) is 47.5 Å². The molecule has 2 N–H and O–H groups in total. The Morgan fingerprint density at radius 3 is 2.55 bits per heavy atom. The van der Waals surface area contributed by atoms with E-state index < -0.39 is 22.0 Å². The van der Waals surface area contributed by atoms with Crippen LogP contribution in [0.3, 0.4) is 0 Å². The lowest BCUT2D eigenvalue weighted by molar-refractivity contribution is -0.117. The average molecular weight is 416 g/mol. The second-order valence-corrected chi connectivity index (χ2v) is 9.04. The second kappa shape index (κ2) is 8.04. The van der Waals surface area contributed by atoms with Crippen LogP contribution in [-0.2, 0) is 27.7 Å². The summed E-state index contributed by atoms with van der Waals surface area (Å²) < 4.78 is 39.0. The number of rotatable bonds is 5. The Bertz CT molecular complexity index is 1040. The van der Waals surface area contributed by atoms with Gasteiger partial charge in [-0.2, -0.15) is 4.72 Å². The number of ether oxygens (including phenoxy) is 2. The molecule has 0 saturated carbocycles. The number of sulfonamides is 1. The van der Waals surface area contributed by atoms with Crippen molar-refractivity contribution in [2.45, 2.75) is 43.5 Å².